The molecule has 0 amide bonds. The summed E-state index contributed by atoms with van der Waals surface area (Å²) in [6.45, 7) is 7.05. The molecule has 1 fully saturated rings. The first kappa shape index (κ1) is 15.3. The molecule has 1 N–H and O–H groups in total. The van der Waals surface area contributed by atoms with Gasteiger partial charge in [0.05, 0.1) is 7.11 Å². The fourth-order valence-corrected chi connectivity index (χ4v) is 3.14. The van der Waals surface area contributed by atoms with Crippen LogP contribution in [-0.2, 0) is 6.42 Å². The van der Waals surface area contributed by atoms with Gasteiger partial charge in [-0.25, -0.2) is 0 Å². The Morgan fingerprint density at radius 2 is 2.05 bits per heavy atom. The van der Waals surface area contributed by atoms with Crippen molar-refractivity contribution in [1.29, 1.82) is 0 Å². The number of nitrogens with one attached hydrogen (secondary N) is 1. The van der Waals surface area contributed by atoms with Gasteiger partial charge in [0.1, 0.15) is 5.75 Å². The second-order valence-electron chi connectivity index (χ2n) is 6.25. The van der Waals surface area contributed by atoms with Crippen LogP contribution >= 0.6 is 0 Å². The van der Waals surface area contributed by atoms with Crippen LogP contribution in [0.15, 0.2) is 24.3 Å². The predicted octanol–water partition coefficient (Wildman–Crippen LogP) is 2.56. The van der Waals surface area contributed by atoms with Gasteiger partial charge < -0.3 is 15.0 Å². The molecule has 3 heteroatoms. The van der Waals surface area contributed by atoms with Crippen LogP contribution in [0.1, 0.15) is 25.8 Å². The average molecular weight is 276 g/mol. The van der Waals surface area contributed by atoms with Crippen LogP contribution in [0.5, 0.6) is 5.75 Å². The SMILES string of the molecule is COc1ccc(CC(C)NC2CCN(C)CC2C)cc1. The van der Waals surface area contributed by atoms with Gasteiger partial charge in [0, 0.05) is 18.6 Å². The van der Waals surface area contributed by atoms with E-state index in [-0.39, 0.29) is 0 Å². The molecule has 0 bridgehead atoms. The Kier molecular flexibility index (Phi) is 5.44. The summed E-state index contributed by atoms with van der Waals surface area (Å²) in [7, 11) is 3.92. The fourth-order valence-electron chi connectivity index (χ4n) is 3.14. The molecule has 0 saturated carbocycles. The number of hydrogen-bond acceptors (Lipinski definition) is 3. The molecule has 112 valence electrons. The van der Waals surface area contributed by atoms with E-state index in [0.29, 0.717) is 12.1 Å². The monoisotopic (exact) mass is 276 g/mol. The minimum absolute atomic E-state index is 0.513. The number of ether oxygens (including phenoxy) is 1. The van der Waals surface area contributed by atoms with Crippen molar-refractivity contribution in [2.75, 3.05) is 27.2 Å². The Hall–Kier alpha value is -1.06. The minimum atomic E-state index is 0.513. The number of piperidine rings is 1. The van der Waals surface area contributed by atoms with Gasteiger partial charge in [0.25, 0.3) is 0 Å². The maximum absolute atomic E-state index is 5.20. The van der Waals surface area contributed by atoms with Crippen molar-refractivity contribution in [3.8, 4) is 5.75 Å². The summed E-state index contributed by atoms with van der Waals surface area (Å²) >= 11 is 0. The van der Waals surface area contributed by atoms with Gasteiger partial charge in [-0.15, -0.1) is 0 Å². The summed E-state index contributed by atoms with van der Waals surface area (Å²) in [4.78, 5) is 2.43. The maximum Gasteiger partial charge on any atom is 0.118 e. The first-order chi connectivity index (χ1) is 9.58. The fraction of sp³-hybridized carbons (Fsp3) is 0.647. The quantitative estimate of drug-likeness (QED) is 0.894. The number of methoxy groups -OCH3 is 1. The molecule has 3 unspecified atom stereocenters. The lowest BCUT2D eigenvalue weighted by Crippen LogP contribution is -2.50. The van der Waals surface area contributed by atoms with E-state index in [0.717, 1.165) is 18.1 Å². The molecule has 20 heavy (non-hydrogen) atoms. The van der Waals surface area contributed by atoms with E-state index in [1.54, 1.807) is 7.11 Å². The molecule has 1 aliphatic heterocycles. The van der Waals surface area contributed by atoms with Crippen molar-refractivity contribution in [3.05, 3.63) is 29.8 Å². The number of hydrogen-bond donors (Lipinski definition) is 1. The normalized spacial score (nSPS) is 25.4. The minimum Gasteiger partial charge on any atom is -0.497 e. The lowest BCUT2D eigenvalue weighted by molar-refractivity contribution is 0.167. The standard InChI is InChI=1S/C17H28N2O/c1-13-12-19(3)10-9-17(13)18-14(2)11-15-5-7-16(20-4)8-6-15/h5-8,13-14,17-18H,9-12H2,1-4H3. The highest BCUT2D eigenvalue weighted by Gasteiger charge is 2.24. The lowest BCUT2D eigenvalue weighted by Gasteiger charge is -2.37. The van der Waals surface area contributed by atoms with Gasteiger partial charge in [-0.2, -0.15) is 0 Å². The Bertz CT molecular complexity index is 404. The van der Waals surface area contributed by atoms with Crippen LogP contribution in [0.2, 0.25) is 0 Å². The zero-order valence-electron chi connectivity index (χ0n) is 13.2. The maximum atomic E-state index is 5.20. The molecular weight excluding hydrogens is 248 g/mol. The predicted molar refractivity (Wildman–Crippen MR) is 84.4 cm³/mol. The van der Waals surface area contributed by atoms with E-state index in [4.69, 9.17) is 4.74 Å². The van der Waals surface area contributed by atoms with Crippen molar-refractivity contribution < 1.29 is 4.74 Å². The van der Waals surface area contributed by atoms with Crippen LogP contribution in [0.25, 0.3) is 0 Å². The van der Waals surface area contributed by atoms with E-state index in [9.17, 15) is 0 Å². The average Bonchev–Trinajstić information content (AvgIpc) is 2.43. The van der Waals surface area contributed by atoms with E-state index < -0.39 is 0 Å². The van der Waals surface area contributed by atoms with E-state index in [2.05, 4.69) is 43.2 Å². The summed E-state index contributed by atoms with van der Waals surface area (Å²) < 4.78 is 5.20. The molecule has 0 aromatic heterocycles. The molecule has 1 saturated heterocycles. The summed E-state index contributed by atoms with van der Waals surface area (Å²) in [5.41, 5.74) is 1.37. The molecule has 0 spiro atoms. The summed E-state index contributed by atoms with van der Waals surface area (Å²) in [6, 6.07) is 9.57. The summed E-state index contributed by atoms with van der Waals surface area (Å²) in [6.07, 6.45) is 2.33. The van der Waals surface area contributed by atoms with Crippen molar-refractivity contribution in [1.82, 2.24) is 10.2 Å². The van der Waals surface area contributed by atoms with Crippen LogP contribution in [0, 0.1) is 5.92 Å². The molecule has 1 aromatic carbocycles. The van der Waals surface area contributed by atoms with Crippen molar-refractivity contribution in [2.45, 2.75) is 38.8 Å². The third-order valence-electron chi connectivity index (χ3n) is 4.31. The Balaban J connectivity index is 1.83. The highest BCUT2D eigenvalue weighted by atomic mass is 16.5. The van der Waals surface area contributed by atoms with Crippen LogP contribution < -0.4 is 10.1 Å². The highest BCUT2D eigenvalue weighted by molar-refractivity contribution is 5.27. The van der Waals surface area contributed by atoms with E-state index in [1.807, 2.05) is 12.1 Å². The number of likely N-dealkylation sites (tertiary alicyclic amines) is 1. The first-order valence-corrected chi connectivity index (χ1v) is 7.66. The van der Waals surface area contributed by atoms with Gasteiger partial charge in [-0.05, 0) is 57.0 Å². The third-order valence-corrected chi connectivity index (χ3v) is 4.31. The summed E-state index contributed by atoms with van der Waals surface area (Å²) in [5, 5.41) is 3.81. The Morgan fingerprint density at radius 3 is 2.65 bits per heavy atom. The molecular formula is C17H28N2O. The van der Waals surface area contributed by atoms with E-state index in [1.165, 1.54) is 25.1 Å². The zero-order chi connectivity index (χ0) is 14.5. The molecule has 2 rings (SSSR count). The van der Waals surface area contributed by atoms with Gasteiger partial charge in [-0.3, -0.25) is 0 Å². The topological polar surface area (TPSA) is 24.5 Å². The Morgan fingerprint density at radius 1 is 1.35 bits per heavy atom. The van der Waals surface area contributed by atoms with Gasteiger partial charge in [0.15, 0.2) is 0 Å². The van der Waals surface area contributed by atoms with E-state index >= 15 is 0 Å². The smallest absolute Gasteiger partial charge is 0.118 e. The molecule has 3 atom stereocenters. The van der Waals surface area contributed by atoms with Crippen LogP contribution in [0.3, 0.4) is 0 Å². The molecule has 3 nitrogen and oxygen atoms in total. The summed E-state index contributed by atoms with van der Waals surface area (Å²) in [5.74, 6) is 1.66. The first-order valence-electron chi connectivity index (χ1n) is 7.66. The number of nitrogens with zero attached hydrogens (tertiary/aromatic N) is 1. The second kappa shape index (κ2) is 7.09. The van der Waals surface area contributed by atoms with Gasteiger partial charge in [0.2, 0.25) is 0 Å². The van der Waals surface area contributed by atoms with Crippen molar-refractivity contribution in [3.63, 3.8) is 0 Å². The van der Waals surface area contributed by atoms with Gasteiger partial charge in [-0.1, -0.05) is 19.1 Å². The molecule has 1 aromatic rings. The molecule has 0 aliphatic carbocycles. The number of benzene rings is 1. The Labute approximate surface area is 123 Å². The second-order valence-corrected chi connectivity index (χ2v) is 6.25. The van der Waals surface area contributed by atoms with Gasteiger partial charge >= 0.3 is 0 Å². The van der Waals surface area contributed by atoms with Crippen LogP contribution in [0.4, 0.5) is 0 Å². The largest absolute Gasteiger partial charge is 0.497 e. The molecule has 0 radical (unpaired) electrons. The lowest BCUT2D eigenvalue weighted by atomic mass is 9.93. The third kappa shape index (κ3) is 4.22. The highest BCUT2D eigenvalue weighted by Crippen LogP contribution is 2.17. The molecule has 1 heterocycles. The van der Waals surface area contributed by atoms with Crippen LogP contribution in [-0.4, -0.2) is 44.2 Å². The molecule has 1 aliphatic rings. The zero-order valence-corrected chi connectivity index (χ0v) is 13.2. The van der Waals surface area contributed by atoms with Crippen molar-refractivity contribution >= 4 is 0 Å². The van der Waals surface area contributed by atoms with Crippen molar-refractivity contribution in [2.24, 2.45) is 5.92 Å². The number of rotatable bonds is 5.